The molecule has 0 spiro atoms. The Morgan fingerprint density at radius 2 is 2.11 bits per heavy atom. The molecule has 1 heterocycles. The summed E-state index contributed by atoms with van der Waals surface area (Å²) in [5.74, 6) is -1.09. The van der Waals surface area contributed by atoms with E-state index in [9.17, 15) is 4.79 Å². The van der Waals surface area contributed by atoms with Crippen LogP contribution in [0.25, 0.3) is 11.3 Å². The number of carboxylic acids is 1. The summed E-state index contributed by atoms with van der Waals surface area (Å²) in [7, 11) is 0. The van der Waals surface area contributed by atoms with Gasteiger partial charge in [-0.25, -0.2) is 9.78 Å². The Kier molecular flexibility index (Phi) is 3.26. The van der Waals surface area contributed by atoms with Crippen LogP contribution >= 0.6 is 11.6 Å². The van der Waals surface area contributed by atoms with Gasteiger partial charge < -0.3 is 5.11 Å². The van der Waals surface area contributed by atoms with Gasteiger partial charge in [-0.3, -0.25) is 0 Å². The van der Waals surface area contributed by atoms with Gasteiger partial charge in [0.15, 0.2) is 0 Å². The quantitative estimate of drug-likeness (QED) is 0.899. The van der Waals surface area contributed by atoms with Crippen molar-refractivity contribution in [3.8, 4) is 17.3 Å². The Hall–Kier alpha value is -2.38. The molecule has 4 nitrogen and oxygen atoms in total. The third-order valence-electron chi connectivity index (χ3n) is 2.35. The highest BCUT2D eigenvalue weighted by Gasteiger charge is 2.08. The minimum atomic E-state index is -1.09. The lowest BCUT2D eigenvalue weighted by atomic mass is 10.1. The van der Waals surface area contributed by atoms with Crippen LogP contribution < -0.4 is 0 Å². The monoisotopic (exact) mass is 258 g/mol. The number of halogens is 1. The molecule has 0 atom stereocenters. The molecule has 0 aliphatic carbocycles. The van der Waals surface area contributed by atoms with E-state index in [2.05, 4.69) is 4.98 Å². The molecule has 0 saturated carbocycles. The van der Waals surface area contributed by atoms with Crippen LogP contribution in [0.15, 0.2) is 36.4 Å². The fourth-order valence-electron chi connectivity index (χ4n) is 1.48. The van der Waals surface area contributed by atoms with Gasteiger partial charge >= 0.3 is 5.97 Å². The molecule has 0 bridgehead atoms. The minimum absolute atomic E-state index is 0.0408. The van der Waals surface area contributed by atoms with Crippen LogP contribution in [0.1, 0.15) is 16.1 Å². The molecule has 5 heteroatoms. The highest BCUT2D eigenvalue weighted by Crippen LogP contribution is 2.23. The van der Waals surface area contributed by atoms with E-state index >= 15 is 0 Å². The van der Waals surface area contributed by atoms with Crippen LogP contribution in [0.2, 0.25) is 5.02 Å². The molecule has 88 valence electrons. The van der Waals surface area contributed by atoms with Crippen LogP contribution in [-0.4, -0.2) is 16.1 Å². The molecule has 18 heavy (non-hydrogen) atoms. The first kappa shape index (κ1) is 12.1. The van der Waals surface area contributed by atoms with E-state index in [0.717, 1.165) is 0 Å². The Morgan fingerprint density at radius 1 is 1.33 bits per heavy atom. The van der Waals surface area contributed by atoms with E-state index < -0.39 is 5.97 Å². The summed E-state index contributed by atoms with van der Waals surface area (Å²) in [6.07, 6.45) is 0. The summed E-state index contributed by atoms with van der Waals surface area (Å²) >= 11 is 5.83. The smallest absolute Gasteiger partial charge is 0.354 e. The van der Waals surface area contributed by atoms with Crippen LogP contribution in [0.4, 0.5) is 0 Å². The molecule has 0 fully saturated rings. The first-order chi connectivity index (χ1) is 8.61. The van der Waals surface area contributed by atoms with E-state index in [4.69, 9.17) is 22.0 Å². The predicted molar refractivity (Wildman–Crippen MR) is 66.4 cm³/mol. The maximum absolute atomic E-state index is 10.8. The average molecular weight is 259 g/mol. The summed E-state index contributed by atoms with van der Waals surface area (Å²) in [4.78, 5) is 14.8. The number of pyridine rings is 1. The van der Waals surface area contributed by atoms with Gasteiger partial charge in [-0.1, -0.05) is 23.7 Å². The number of aromatic carboxylic acids is 1. The molecular weight excluding hydrogens is 252 g/mol. The van der Waals surface area contributed by atoms with E-state index in [1.165, 1.54) is 6.07 Å². The first-order valence-corrected chi connectivity index (χ1v) is 5.40. The zero-order valence-electron chi connectivity index (χ0n) is 9.09. The number of hydrogen-bond donors (Lipinski definition) is 1. The fraction of sp³-hybridized carbons (Fsp3) is 0. The first-order valence-electron chi connectivity index (χ1n) is 5.02. The Bertz CT molecular complexity index is 662. The van der Waals surface area contributed by atoms with Crippen LogP contribution in [0.5, 0.6) is 0 Å². The molecule has 0 amide bonds. The average Bonchev–Trinajstić information content (AvgIpc) is 2.39. The van der Waals surface area contributed by atoms with Crippen molar-refractivity contribution in [2.24, 2.45) is 0 Å². The van der Waals surface area contributed by atoms with E-state index in [-0.39, 0.29) is 5.69 Å². The third-order valence-corrected chi connectivity index (χ3v) is 2.68. The fourth-order valence-corrected chi connectivity index (χ4v) is 1.64. The molecule has 2 rings (SSSR count). The third kappa shape index (κ3) is 2.31. The lowest BCUT2D eigenvalue weighted by Gasteiger charge is -2.03. The molecule has 0 aliphatic rings. The van der Waals surface area contributed by atoms with Crippen LogP contribution in [0.3, 0.4) is 0 Å². The van der Waals surface area contributed by atoms with Crippen molar-refractivity contribution in [2.45, 2.75) is 0 Å². The van der Waals surface area contributed by atoms with Gasteiger partial charge in [0.2, 0.25) is 0 Å². The Balaban J connectivity index is 2.52. The van der Waals surface area contributed by atoms with Gasteiger partial charge in [0, 0.05) is 5.56 Å². The van der Waals surface area contributed by atoms with E-state index in [1.54, 1.807) is 30.3 Å². The lowest BCUT2D eigenvalue weighted by molar-refractivity contribution is 0.0690. The molecule has 2 aromatic rings. The van der Waals surface area contributed by atoms with Crippen molar-refractivity contribution in [3.63, 3.8) is 0 Å². The molecule has 1 aromatic carbocycles. The maximum Gasteiger partial charge on any atom is 0.354 e. The predicted octanol–water partition coefficient (Wildman–Crippen LogP) is 2.97. The number of carboxylic acid groups (broad SMARTS) is 1. The van der Waals surface area contributed by atoms with Gasteiger partial charge in [0.25, 0.3) is 0 Å². The largest absolute Gasteiger partial charge is 0.477 e. The maximum atomic E-state index is 10.8. The highest BCUT2D eigenvalue weighted by molar-refractivity contribution is 6.31. The Labute approximate surface area is 108 Å². The van der Waals surface area contributed by atoms with Gasteiger partial charge in [0.1, 0.15) is 11.8 Å². The van der Waals surface area contributed by atoms with Gasteiger partial charge in [-0.2, -0.15) is 5.26 Å². The highest BCUT2D eigenvalue weighted by atomic mass is 35.5. The molecule has 1 aromatic heterocycles. The van der Waals surface area contributed by atoms with Gasteiger partial charge in [-0.15, -0.1) is 0 Å². The number of carbonyl (C=O) groups is 1. The SMILES string of the molecule is N#Cc1cc(-c2cccc(C(=O)O)n2)ccc1Cl. The molecule has 0 aliphatic heterocycles. The molecule has 0 saturated heterocycles. The van der Waals surface area contributed by atoms with Crippen molar-refractivity contribution < 1.29 is 9.90 Å². The van der Waals surface area contributed by atoms with Crippen LogP contribution in [0, 0.1) is 11.3 Å². The molecule has 0 unspecified atom stereocenters. The number of nitriles is 1. The second-order valence-corrected chi connectivity index (χ2v) is 3.93. The summed E-state index contributed by atoms with van der Waals surface area (Å²) in [5, 5.41) is 18.1. The Morgan fingerprint density at radius 3 is 2.78 bits per heavy atom. The number of benzene rings is 1. The zero-order chi connectivity index (χ0) is 13.1. The van der Waals surface area contributed by atoms with Crippen molar-refractivity contribution in [2.75, 3.05) is 0 Å². The van der Waals surface area contributed by atoms with Gasteiger partial charge in [-0.05, 0) is 24.3 Å². The number of nitrogens with zero attached hydrogens (tertiary/aromatic N) is 2. The van der Waals surface area contributed by atoms with Crippen molar-refractivity contribution in [1.82, 2.24) is 4.98 Å². The van der Waals surface area contributed by atoms with Crippen molar-refractivity contribution >= 4 is 17.6 Å². The minimum Gasteiger partial charge on any atom is -0.477 e. The second kappa shape index (κ2) is 4.86. The van der Waals surface area contributed by atoms with Crippen molar-refractivity contribution in [1.29, 1.82) is 5.26 Å². The molecule has 1 N–H and O–H groups in total. The van der Waals surface area contributed by atoms with Crippen molar-refractivity contribution in [3.05, 3.63) is 52.7 Å². The summed E-state index contributed by atoms with van der Waals surface area (Å²) < 4.78 is 0. The normalized spacial score (nSPS) is 9.78. The lowest BCUT2D eigenvalue weighted by Crippen LogP contribution is -2.00. The summed E-state index contributed by atoms with van der Waals surface area (Å²) in [6.45, 7) is 0. The standard InChI is InChI=1S/C13H7ClN2O2/c14-10-5-4-8(6-9(10)7-15)11-2-1-3-12(16-11)13(17)18/h1-6H,(H,17,18). The number of rotatable bonds is 2. The topological polar surface area (TPSA) is 74.0 Å². The summed E-state index contributed by atoms with van der Waals surface area (Å²) in [6, 6.07) is 11.5. The van der Waals surface area contributed by atoms with E-state index in [0.29, 0.717) is 21.8 Å². The van der Waals surface area contributed by atoms with Gasteiger partial charge in [0.05, 0.1) is 16.3 Å². The molecular formula is C13H7ClN2O2. The second-order valence-electron chi connectivity index (χ2n) is 3.52. The molecule has 0 radical (unpaired) electrons. The number of aromatic nitrogens is 1. The van der Waals surface area contributed by atoms with Crippen LogP contribution in [-0.2, 0) is 0 Å². The number of hydrogen-bond acceptors (Lipinski definition) is 3. The summed E-state index contributed by atoms with van der Waals surface area (Å²) in [5.41, 5.74) is 1.43. The van der Waals surface area contributed by atoms with E-state index in [1.807, 2.05) is 6.07 Å². The zero-order valence-corrected chi connectivity index (χ0v) is 9.85.